The molecule has 0 spiro atoms. The second kappa shape index (κ2) is 6.11. The molecule has 0 radical (unpaired) electrons. The van der Waals surface area contributed by atoms with Crippen molar-refractivity contribution < 1.29 is 9.53 Å². The van der Waals surface area contributed by atoms with E-state index in [1.54, 1.807) is 7.11 Å². The third kappa shape index (κ3) is 5.17. The molecular weight excluding hydrogens is 190 g/mol. The van der Waals surface area contributed by atoms with Crippen molar-refractivity contribution in [3.8, 4) is 0 Å². The molecule has 0 bridgehead atoms. The van der Waals surface area contributed by atoms with Crippen LogP contribution in [0.4, 0.5) is 0 Å². The molecular formula is C12H25NO2. The van der Waals surface area contributed by atoms with E-state index in [9.17, 15) is 4.79 Å². The highest BCUT2D eigenvalue weighted by atomic mass is 16.5. The van der Waals surface area contributed by atoms with Gasteiger partial charge in [-0.25, -0.2) is 0 Å². The Labute approximate surface area is 93.6 Å². The highest BCUT2D eigenvalue weighted by Gasteiger charge is 2.33. The zero-order valence-corrected chi connectivity index (χ0v) is 10.9. The van der Waals surface area contributed by atoms with Crippen molar-refractivity contribution in [2.45, 2.75) is 34.6 Å². The maximum Gasteiger partial charge on any atom is 0.223 e. The summed E-state index contributed by atoms with van der Waals surface area (Å²) in [5.41, 5.74) is 0.00528. The van der Waals surface area contributed by atoms with Crippen molar-refractivity contribution in [3.63, 3.8) is 0 Å². The molecule has 0 fully saturated rings. The van der Waals surface area contributed by atoms with Gasteiger partial charge in [0.05, 0.1) is 6.61 Å². The lowest BCUT2D eigenvalue weighted by Gasteiger charge is -2.32. The second-order valence-electron chi connectivity index (χ2n) is 5.37. The smallest absolute Gasteiger partial charge is 0.223 e. The number of hydrogen-bond donors (Lipinski definition) is 1. The Morgan fingerprint density at radius 2 is 1.87 bits per heavy atom. The van der Waals surface area contributed by atoms with Gasteiger partial charge in [0.2, 0.25) is 5.91 Å². The topological polar surface area (TPSA) is 38.3 Å². The number of nitrogens with one attached hydrogen (secondary N) is 1. The summed E-state index contributed by atoms with van der Waals surface area (Å²) in [7, 11) is 1.63. The van der Waals surface area contributed by atoms with E-state index < -0.39 is 0 Å². The van der Waals surface area contributed by atoms with Crippen LogP contribution in [0, 0.1) is 17.3 Å². The van der Waals surface area contributed by atoms with Gasteiger partial charge in [0.1, 0.15) is 0 Å². The number of carbonyl (C=O) groups is 1. The van der Waals surface area contributed by atoms with Gasteiger partial charge < -0.3 is 10.1 Å². The average Bonchev–Trinajstić information content (AvgIpc) is 2.00. The first-order valence-electron chi connectivity index (χ1n) is 5.57. The minimum atomic E-state index is 0.00528. The van der Waals surface area contributed by atoms with Gasteiger partial charge in [0.15, 0.2) is 0 Å². The van der Waals surface area contributed by atoms with Crippen molar-refractivity contribution >= 4 is 5.91 Å². The zero-order valence-electron chi connectivity index (χ0n) is 10.9. The van der Waals surface area contributed by atoms with Crippen molar-refractivity contribution in [1.29, 1.82) is 0 Å². The van der Waals surface area contributed by atoms with Crippen LogP contribution in [-0.4, -0.2) is 26.2 Å². The minimum absolute atomic E-state index is 0.00528. The molecule has 0 unspecified atom stereocenters. The molecule has 0 aliphatic rings. The van der Waals surface area contributed by atoms with Gasteiger partial charge in [-0.15, -0.1) is 0 Å². The van der Waals surface area contributed by atoms with Gasteiger partial charge in [-0.05, 0) is 11.3 Å². The van der Waals surface area contributed by atoms with Gasteiger partial charge in [-0.2, -0.15) is 0 Å². The summed E-state index contributed by atoms with van der Waals surface area (Å²) in [4.78, 5) is 11.9. The van der Waals surface area contributed by atoms with Gasteiger partial charge in [0, 0.05) is 19.6 Å². The van der Waals surface area contributed by atoms with Crippen LogP contribution in [0.25, 0.3) is 0 Å². The molecule has 0 rings (SSSR count). The fourth-order valence-corrected chi connectivity index (χ4v) is 2.08. The fraction of sp³-hybridized carbons (Fsp3) is 0.917. The Balaban J connectivity index is 4.32. The number of amides is 1. The summed E-state index contributed by atoms with van der Waals surface area (Å²) in [6, 6.07) is 0. The van der Waals surface area contributed by atoms with E-state index in [0.717, 1.165) is 0 Å². The molecule has 0 aromatic carbocycles. The molecule has 0 aliphatic carbocycles. The average molecular weight is 215 g/mol. The van der Waals surface area contributed by atoms with Crippen molar-refractivity contribution in [2.24, 2.45) is 17.3 Å². The predicted molar refractivity (Wildman–Crippen MR) is 62.7 cm³/mol. The maximum absolute atomic E-state index is 11.9. The highest BCUT2D eigenvalue weighted by molar-refractivity contribution is 5.79. The molecule has 1 amide bonds. The van der Waals surface area contributed by atoms with Crippen LogP contribution in [0.3, 0.4) is 0 Å². The summed E-state index contributed by atoms with van der Waals surface area (Å²) in [5, 5.41) is 2.91. The summed E-state index contributed by atoms with van der Waals surface area (Å²) < 4.78 is 4.90. The zero-order chi connectivity index (χ0) is 12.1. The first kappa shape index (κ1) is 14.4. The summed E-state index contributed by atoms with van der Waals surface area (Å²) >= 11 is 0. The Hall–Kier alpha value is -0.570. The SMILES string of the molecule is COCCNC(=O)[C@@H](C(C)C)C(C)(C)C. The van der Waals surface area contributed by atoms with Gasteiger partial charge in [0.25, 0.3) is 0 Å². The van der Waals surface area contributed by atoms with Crippen LogP contribution in [0.15, 0.2) is 0 Å². The lowest BCUT2D eigenvalue weighted by atomic mass is 9.74. The molecule has 15 heavy (non-hydrogen) atoms. The predicted octanol–water partition coefficient (Wildman–Crippen LogP) is 2.07. The molecule has 0 heterocycles. The molecule has 0 aliphatic heterocycles. The lowest BCUT2D eigenvalue weighted by Crippen LogP contribution is -2.41. The Morgan fingerprint density at radius 3 is 2.20 bits per heavy atom. The van der Waals surface area contributed by atoms with Crippen molar-refractivity contribution in [3.05, 3.63) is 0 Å². The number of methoxy groups -OCH3 is 1. The van der Waals surface area contributed by atoms with Gasteiger partial charge in [-0.1, -0.05) is 34.6 Å². The van der Waals surface area contributed by atoms with Crippen LogP contribution in [0.2, 0.25) is 0 Å². The number of ether oxygens (including phenoxy) is 1. The van der Waals surface area contributed by atoms with Gasteiger partial charge >= 0.3 is 0 Å². The third-order valence-corrected chi connectivity index (χ3v) is 2.49. The van der Waals surface area contributed by atoms with Crippen LogP contribution in [0.1, 0.15) is 34.6 Å². The molecule has 1 N–H and O–H groups in total. The Bertz CT molecular complexity index is 194. The van der Waals surface area contributed by atoms with E-state index in [1.807, 2.05) is 0 Å². The molecule has 0 saturated carbocycles. The van der Waals surface area contributed by atoms with E-state index in [1.165, 1.54) is 0 Å². The fourth-order valence-electron chi connectivity index (χ4n) is 2.08. The van der Waals surface area contributed by atoms with Crippen LogP contribution >= 0.6 is 0 Å². The summed E-state index contributed by atoms with van der Waals surface area (Å²) in [5.74, 6) is 0.538. The van der Waals surface area contributed by atoms with Crippen LogP contribution in [0.5, 0.6) is 0 Å². The first-order valence-corrected chi connectivity index (χ1v) is 5.57. The third-order valence-electron chi connectivity index (χ3n) is 2.49. The van der Waals surface area contributed by atoms with Crippen molar-refractivity contribution in [1.82, 2.24) is 5.32 Å². The molecule has 3 nitrogen and oxygen atoms in total. The van der Waals surface area contributed by atoms with Crippen LogP contribution < -0.4 is 5.32 Å². The van der Waals surface area contributed by atoms with E-state index in [4.69, 9.17) is 4.74 Å². The minimum Gasteiger partial charge on any atom is -0.383 e. The molecule has 0 aromatic heterocycles. The van der Waals surface area contributed by atoms with E-state index >= 15 is 0 Å². The van der Waals surface area contributed by atoms with E-state index in [2.05, 4.69) is 39.9 Å². The normalized spacial score (nSPS) is 14.1. The van der Waals surface area contributed by atoms with E-state index in [0.29, 0.717) is 19.1 Å². The first-order chi connectivity index (χ1) is 6.80. The van der Waals surface area contributed by atoms with Crippen molar-refractivity contribution in [2.75, 3.05) is 20.3 Å². The standard InChI is InChI=1S/C12H25NO2/c1-9(2)10(12(3,4)5)11(14)13-7-8-15-6/h9-10H,7-8H2,1-6H3,(H,13,14)/t10-/m1/s1. The Kier molecular flexibility index (Phi) is 5.88. The maximum atomic E-state index is 11.9. The molecule has 3 heteroatoms. The number of carbonyl (C=O) groups excluding carboxylic acids is 1. The Morgan fingerprint density at radius 1 is 1.33 bits per heavy atom. The second-order valence-corrected chi connectivity index (χ2v) is 5.37. The molecule has 1 atom stereocenters. The van der Waals surface area contributed by atoms with Crippen LogP contribution in [-0.2, 0) is 9.53 Å². The number of hydrogen-bond acceptors (Lipinski definition) is 2. The largest absolute Gasteiger partial charge is 0.383 e. The highest BCUT2D eigenvalue weighted by Crippen LogP contribution is 2.31. The lowest BCUT2D eigenvalue weighted by molar-refractivity contribution is -0.130. The van der Waals surface area contributed by atoms with Gasteiger partial charge in [-0.3, -0.25) is 4.79 Å². The molecule has 90 valence electrons. The quantitative estimate of drug-likeness (QED) is 0.713. The van der Waals surface area contributed by atoms with E-state index in [-0.39, 0.29) is 17.2 Å². The number of rotatable bonds is 5. The summed E-state index contributed by atoms with van der Waals surface area (Å²) in [6.07, 6.45) is 0. The molecule has 0 aromatic rings. The molecule has 0 saturated heterocycles. The monoisotopic (exact) mass is 215 g/mol. The summed E-state index contributed by atoms with van der Waals surface area (Å²) in [6.45, 7) is 11.7.